The summed E-state index contributed by atoms with van der Waals surface area (Å²) in [7, 11) is 0. The number of aliphatic hydroxyl groups is 1. The molecule has 0 aliphatic heterocycles. The average Bonchev–Trinajstić information content (AvgIpc) is 2.88. The highest BCUT2D eigenvalue weighted by molar-refractivity contribution is 7.17. The average molecular weight is 307 g/mol. The lowest BCUT2D eigenvalue weighted by Gasteiger charge is -2.02. The van der Waals surface area contributed by atoms with Crippen LogP contribution in [0.5, 0.6) is 5.75 Å². The normalized spacial score (nSPS) is 10.4. The molecule has 0 unspecified atom stereocenters. The Morgan fingerprint density at radius 1 is 1.33 bits per heavy atom. The molecule has 5 nitrogen and oxygen atoms in total. The zero-order valence-electron chi connectivity index (χ0n) is 12.0. The van der Waals surface area contributed by atoms with Crippen molar-refractivity contribution in [3.8, 4) is 16.3 Å². The number of carbonyl (C=O) groups excluding carboxylic acids is 1. The first kappa shape index (κ1) is 15.5. The van der Waals surface area contributed by atoms with Crippen molar-refractivity contribution >= 4 is 17.3 Å². The van der Waals surface area contributed by atoms with E-state index in [9.17, 15) is 4.79 Å². The van der Waals surface area contributed by atoms with E-state index in [-0.39, 0.29) is 13.2 Å². The number of nitrogens with zero attached hydrogens (tertiary/aromatic N) is 1. The Morgan fingerprint density at radius 2 is 2.05 bits per heavy atom. The van der Waals surface area contributed by atoms with E-state index >= 15 is 0 Å². The van der Waals surface area contributed by atoms with Gasteiger partial charge in [0.25, 0.3) is 0 Å². The molecular weight excluding hydrogens is 290 g/mol. The highest BCUT2D eigenvalue weighted by atomic mass is 32.1. The molecule has 0 saturated carbocycles. The molecule has 0 bridgehead atoms. The SMILES string of the molecule is CCOc1ccc(-c2nc(C)c(C(=O)OCCO)s2)cc1. The van der Waals surface area contributed by atoms with Gasteiger partial charge in [-0.2, -0.15) is 0 Å². The molecule has 0 amide bonds. The predicted molar refractivity (Wildman–Crippen MR) is 80.8 cm³/mol. The number of aromatic nitrogens is 1. The lowest BCUT2D eigenvalue weighted by Crippen LogP contribution is -2.08. The summed E-state index contributed by atoms with van der Waals surface area (Å²) < 4.78 is 10.3. The minimum Gasteiger partial charge on any atom is -0.494 e. The molecule has 0 fully saturated rings. The molecule has 0 aliphatic carbocycles. The Kier molecular flexibility index (Phi) is 5.30. The van der Waals surface area contributed by atoms with Crippen LogP contribution in [0.4, 0.5) is 0 Å². The topological polar surface area (TPSA) is 68.7 Å². The van der Waals surface area contributed by atoms with Gasteiger partial charge in [0.05, 0.1) is 18.9 Å². The molecule has 2 rings (SSSR count). The maximum Gasteiger partial charge on any atom is 0.350 e. The third-order valence-corrected chi connectivity index (χ3v) is 3.91. The van der Waals surface area contributed by atoms with E-state index in [0.29, 0.717) is 17.2 Å². The molecule has 2 aromatic rings. The molecule has 1 heterocycles. The minimum atomic E-state index is -0.448. The summed E-state index contributed by atoms with van der Waals surface area (Å²) in [5, 5.41) is 9.44. The number of aliphatic hydroxyl groups excluding tert-OH is 1. The molecule has 0 spiro atoms. The van der Waals surface area contributed by atoms with Crippen LogP contribution in [0, 0.1) is 6.92 Å². The van der Waals surface area contributed by atoms with Gasteiger partial charge in [-0.25, -0.2) is 9.78 Å². The van der Waals surface area contributed by atoms with Crippen LogP contribution >= 0.6 is 11.3 Å². The summed E-state index contributed by atoms with van der Waals surface area (Å²) in [6.07, 6.45) is 0. The van der Waals surface area contributed by atoms with Crippen molar-refractivity contribution in [3.63, 3.8) is 0 Å². The van der Waals surface area contributed by atoms with E-state index in [0.717, 1.165) is 16.3 Å². The third-order valence-electron chi connectivity index (χ3n) is 2.72. The fourth-order valence-corrected chi connectivity index (χ4v) is 2.74. The number of carbonyl (C=O) groups is 1. The number of ether oxygens (including phenoxy) is 2. The first-order valence-electron chi connectivity index (χ1n) is 6.64. The second-order valence-electron chi connectivity index (χ2n) is 4.25. The molecule has 1 aromatic carbocycles. The number of rotatable bonds is 6. The fraction of sp³-hybridized carbons (Fsp3) is 0.333. The van der Waals surface area contributed by atoms with Crippen molar-refractivity contribution in [1.82, 2.24) is 4.98 Å². The van der Waals surface area contributed by atoms with Crippen molar-refractivity contribution in [1.29, 1.82) is 0 Å². The van der Waals surface area contributed by atoms with Crippen LogP contribution in [0.2, 0.25) is 0 Å². The van der Waals surface area contributed by atoms with Crippen LogP contribution in [-0.4, -0.2) is 35.9 Å². The van der Waals surface area contributed by atoms with Crippen LogP contribution in [0.1, 0.15) is 22.3 Å². The van der Waals surface area contributed by atoms with Crippen LogP contribution in [-0.2, 0) is 4.74 Å². The summed E-state index contributed by atoms with van der Waals surface area (Å²) in [6.45, 7) is 4.13. The van der Waals surface area contributed by atoms with Gasteiger partial charge in [-0.05, 0) is 38.1 Å². The molecule has 0 radical (unpaired) electrons. The second-order valence-corrected chi connectivity index (χ2v) is 5.25. The summed E-state index contributed by atoms with van der Waals surface area (Å²) in [6, 6.07) is 7.57. The quantitative estimate of drug-likeness (QED) is 0.831. The Hall–Kier alpha value is -1.92. The standard InChI is InChI=1S/C15H17NO4S/c1-3-19-12-6-4-11(5-7-12)14-16-10(2)13(21-14)15(18)20-9-8-17/h4-7,17H,3,8-9H2,1-2H3. The van der Waals surface area contributed by atoms with Gasteiger partial charge in [-0.3, -0.25) is 0 Å². The highest BCUT2D eigenvalue weighted by Gasteiger charge is 2.17. The van der Waals surface area contributed by atoms with Gasteiger partial charge in [0.15, 0.2) is 0 Å². The van der Waals surface area contributed by atoms with Gasteiger partial charge < -0.3 is 14.6 Å². The Balaban J connectivity index is 2.19. The summed E-state index contributed by atoms with van der Waals surface area (Å²) in [5.41, 5.74) is 1.56. The predicted octanol–water partition coefficient (Wildman–Crippen LogP) is 2.67. The van der Waals surface area contributed by atoms with Crippen molar-refractivity contribution < 1.29 is 19.4 Å². The molecule has 0 saturated heterocycles. The largest absolute Gasteiger partial charge is 0.494 e. The summed E-state index contributed by atoms with van der Waals surface area (Å²) >= 11 is 1.28. The number of esters is 1. The summed E-state index contributed by atoms with van der Waals surface area (Å²) in [4.78, 5) is 16.7. The molecule has 21 heavy (non-hydrogen) atoms. The minimum absolute atomic E-state index is 0.00540. The van der Waals surface area contributed by atoms with Crippen LogP contribution in [0.3, 0.4) is 0 Å². The maximum atomic E-state index is 11.8. The first-order chi connectivity index (χ1) is 10.2. The van der Waals surface area contributed by atoms with Crippen molar-refractivity contribution in [3.05, 3.63) is 34.8 Å². The van der Waals surface area contributed by atoms with E-state index < -0.39 is 5.97 Å². The zero-order chi connectivity index (χ0) is 15.2. The Labute approximate surface area is 127 Å². The van der Waals surface area contributed by atoms with Gasteiger partial charge in [0.1, 0.15) is 22.2 Å². The molecule has 6 heteroatoms. The van der Waals surface area contributed by atoms with Gasteiger partial charge in [-0.1, -0.05) is 0 Å². The molecule has 0 aliphatic rings. The Morgan fingerprint density at radius 3 is 2.67 bits per heavy atom. The van der Waals surface area contributed by atoms with E-state index in [1.165, 1.54) is 11.3 Å². The van der Waals surface area contributed by atoms with E-state index in [1.54, 1.807) is 6.92 Å². The zero-order valence-corrected chi connectivity index (χ0v) is 12.8. The molecule has 1 aromatic heterocycles. The van der Waals surface area contributed by atoms with Crippen LogP contribution < -0.4 is 4.74 Å². The number of hydrogen-bond donors (Lipinski definition) is 1. The second kappa shape index (κ2) is 7.19. The third kappa shape index (κ3) is 3.80. The van der Waals surface area contributed by atoms with E-state index in [4.69, 9.17) is 14.6 Å². The molecule has 1 N–H and O–H groups in total. The van der Waals surface area contributed by atoms with E-state index in [2.05, 4.69) is 4.98 Å². The molecular formula is C15H17NO4S. The maximum absolute atomic E-state index is 11.8. The smallest absolute Gasteiger partial charge is 0.350 e. The van der Waals surface area contributed by atoms with Gasteiger partial charge in [0, 0.05) is 5.56 Å². The van der Waals surface area contributed by atoms with Crippen molar-refractivity contribution in [2.75, 3.05) is 19.8 Å². The number of aryl methyl sites for hydroxylation is 1. The Bertz CT molecular complexity index is 607. The lowest BCUT2D eigenvalue weighted by molar-refractivity contribution is 0.0438. The lowest BCUT2D eigenvalue weighted by atomic mass is 10.2. The van der Waals surface area contributed by atoms with Crippen molar-refractivity contribution in [2.24, 2.45) is 0 Å². The highest BCUT2D eigenvalue weighted by Crippen LogP contribution is 2.29. The van der Waals surface area contributed by atoms with Crippen LogP contribution in [0.25, 0.3) is 10.6 Å². The first-order valence-corrected chi connectivity index (χ1v) is 7.46. The fourth-order valence-electron chi connectivity index (χ4n) is 1.77. The number of benzene rings is 1. The van der Waals surface area contributed by atoms with Gasteiger partial charge >= 0.3 is 5.97 Å². The number of hydrogen-bond acceptors (Lipinski definition) is 6. The van der Waals surface area contributed by atoms with E-state index in [1.807, 2.05) is 31.2 Å². The molecule has 112 valence electrons. The van der Waals surface area contributed by atoms with Gasteiger partial charge in [-0.15, -0.1) is 11.3 Å². The molecule has 0 atom stereocenters. The van der Waals surface area contributed by atoms with Crippen LogP contribution in [0.15, 0.2) is 24.3 Å². The van der Waals surface area contributed by atoms with Gasteiger partial charge in [0.2, 0.25) is 0 Å². The monoisotopic (exact) mass is 307 g/mol. The summed E-state index contributed by atoms with van der Waals surface area (Å²) in [5.74, 6) is 0.355. The number of thiazole rings is 1. The van der Waals surface area contributed by atoms with Crippen molar-refractivity contribution in [2.45, 2.75) is 13.8 Å².